The Morgan fingerprint density at radius 1 is 1.30 bits per heavy atom. The van der Waals surface area contributed by atoms with E-state index in [2.05, 4.69) is 36.4 Å². The molecule has 0 bridgehead atoms. The summed E-state index contributed by atoms with van der Waals surface area (Å²) in [4.78, 5) is 0. The van der Waals surface area contributed by atoms with Crippen molar-refractivity contribution >= 4 is 5.69 Å². The van der Waals surface area contributed by atoms with Gasteiger partial charge in [-0.2, -0.15) is 5.10 Å². The van der Waals surface area contributed by atoms with Gasteiger partial charge in [0.15, 0.2) is 0 Å². The third-order valence-electron chi connectivity index (χ3n) is 3.85. The maximum absolute atomic E-state index is 9.49. The molecule has 1 aromatic carbocycles. The lowest BCUT2D eigenvalue weighted by Gasteiger charge is -2.27. The van der Waals surface area contributed by atoms with Gasteiger partial charge in [-0.25, -0.2) is 0 Å². The Labute approximate surface area is 120 Å². The normalized spacial score (nSPS) is 13.9. The molecule has 1 unspecified atom stereocenters. The fraction of sp³-hybridized carbons (Fsp3) is 0.438. The molecule has 0 saturated heterocycles. The Balaban J connectivity index is 2.08. The van der Waals surface area contributed by atoms with E-state index in [0.29, 0.717) is 0 Å². The highest BCUT2D eigenvalue weighted by atomic mass is 16.3. The van der Waals surface area contributed by atoms with E-state index < -0.39 is 0 Å². The molecule has 20 heavy (non-hydrogen) atoms. The number of benzene rings is 1. The van der Waals surface area contributed by atoms with Gasteiger partial charge in [0.05, 0.1) is 13.2 Å². The van der Waals surface area contributed by atoms with E-state index in [1.54, 1.807) is 6.20 Å². The van der Waals surface area contributed by atoms with Gasteiger partial charge < -0.3 is 10.4 Å². The fourth-order valence-corrected chi connectivity index (χ4v) is 2.00. The molecule has 2 aromatic rings. The number of anilines is 1. The number of aromatic nitrogens is 2. The number of rotatable bonds is 7. The van der Waals surface area contributed by atoms with E-state index in [-0.39, 0.29) is 12.0 Å². The predicted octanol–water partition coefficient (Wildman–Crippen LogP) is 2.75. The lowest BCUT2D eigenvalue weighted by molar-refractivity contribution is 0.149. The van der Waals surface area contributed by atoms with Gasteiger partial charge in [-0.15, -0.1) is 0 Å². The number of para-hydroxylation sites is 1. The van der Waals surface area contributed by atoms with Crippen molar-refractivity contribution in [2.45, 2.75) is 26.8 Å². The van der Waals surface area contributed by atoms with Crippen molar-refractivity contribution in [2.75, 3.05) is 18.5 Å². The Bertz CT molecular complexity index is 518. The van der Waals surface area contributed by atoms with E-state index in [4.69, 9.17) is 0 Å². The summed E-state index contributed by atoms with van der Waals surface area (Å²) in [7, 11) is 0. The van der Waals surface area contributed by atoms with Crippen LogP contribution in [0.3, 0.4) is 0 Å². The summed E-state index contributed by atoms with van der Waals surface area (Å²) in [6, 6.07) is 10.2. The second-order valence-electron chi connectivity index (χ2n) is 5.54. The molecule has 0 amide bonds. The van der Waals surface area contributed by atoms with Crippen LogP contribution in [0.25, 0.3) is 0 Å². The van der Waals surface area contributed by atoms with Crippen molar-refractivity contribution in [2.24, 2.45) is 5.41 Å². The highest BCUT2D eigenvalue weighted by Crippen LogP contribution is 2.23. The number of aliphatic hydroxyl groups excluding tert-OH is 1. The van der Waals surface area contributed by atoms with Crippen LogP contribution >= 0.6 is 0 Å². The van der Waals surface area contributed by atoms with Crippen molar-refractivity contribution in [3.05, 3.63) is 48.3 Å². The molecule has 0 aliphatic rings. The van der Waals surface area contributed by atoms with Gasteiger partial charge in [0, 0.05) is 30.0 Å². The zero-order valence-electron chi connectivity index (χ0n) is 12.2. The van der Waals surface area contributed by atoms with Crippen molar-refractivity contribution < 1.29 is 5.11 Å². The molecule has 0 saturated carbocycles. The maximum Gasteiger partial charge on any atom is 0.0679 e. The standard InChI is InChI=1S/C16H23N3O/c1-3-16(2,13-20)12-17-15-8-5-4-7-14(15)11-19-10-6-9-18-19/h4-10,17,20H,3,11-13H2,1-2H3. The molecule has 0 fully saturated rings. The summed E-state index contributed by atoms with van der Waals surface area (Å²) < 4.78 is 1.91. The molecule has 1 heterocycles. The van der Waals surface area contributed by atoms with Crippen LogP contribution in [-0.4, -0.2) is 28.0 Å². The van der Waals surface area contributed by atoms with E-state index in [0.717, 1.165) is 25.2 Å². The fourth-order valence-electron chi connectivity index (χ4n) is 2.00. The quantitative estimate of drug-likeness (QED) is 0.815. The van der Waals surface area contributed by atoms with Gasteiger partial charge in [-0.1, -0.05) is 32.0 Å². The van der Waals surface area contributed by atoms with Crippen molar-refractivity contribution in [3.8, 4) is 0 Å². The Kier molecular flexibility index (Phi) is 4.79. The molecule has 4 nitrogen and oxygen atoms in total. The number of hydrogen-bond acceptors (Lipinski definition) is 3. The topological polar surface area (TPSA) is 50.1 Å². The van der Waals surface area contributed by atoms with Gasteiger partial charge >= 0.3 is 0 Å². The van der Waals surface area contributed by atoms with E-state index >= 15 is 0 Å². The highest BCUT2D eigenvalue weighted by Gasteiger charge is 2.20. The van der Waals surface area contributed by atoms with Crippen LogP contribution < -0.4 is 5.32 Å². The minimum atomic E-state index is -0.0845. The average Bonchev–Trinajstić information content (AvgIpc) is 2.99. The van der Waals surface area contributed by atoms with Crippen LogP contribution in [0.5, 0.6) is 0 Å². The third kappa shape index (κ3) is 3.61. The van der Waals surface area contributed by atoms with Gasteiger partial charge in [-0.05, 0) is 24.1 Å². The molecule has 4 heteroatoms. The molecule has 1 atom stereocenters. The van der Waals surface area contributed by atoms with Gasteiger partial charge in [0.25, 0.3) is 0 Å². The molecule has 1 aromatic heterocycles. The van der Waals surface area contributed by atoms with Crippen LogP contribution in [0.15, 0.2) is 42.7 Å². The summed E-state index contributed by atoms with van der Waals surface area (Å²) in [6.07, 6.45) is 4.69. The number of nitrogens with one attached hydrogen (secondary N) is 1. The third-order valence-corrected chi connectivity index (χ3v) is 3.85. The van der Waals surface area contributed by atoms with Crippen LogP contribution in [0.4, 0.5) is 5.69 Å². The smallest absolute Gasteiger partial charge is 0.0679 e. The molecule has 0 spiro atoms. The maximum atomic E-state index is 9.49. The molecule has 0 radical (unpaired) electrons. The summed E-state index contributed by atoms with van der Waals surface area (Å²) in [6.45, 7) is 5.90. The molecule has 108 valence electrons. The number of nitrogens with zero attached hydrogens (tertiary/aromatic N) is 2. The lowest BCUT2D eigenvalue weighted by atomic mass is 9.88. The van der Waals surface area contributed by atoms with Crippen LogP contribution in [0.2, 0.25) is 0 Å². The minimum absolute atomic E-state index is 0.0845. The van der Waals surface area contributed by atoms with Gasteiger partial charge in [-0.3, -0.25) is 4.68 Å². The second kappa shape index (κ2) is 6.57. The monoisotopic (exact) mass is 273 g/mol. The summed E-state index contributed by atoms with van der Waals surface area (Å²) in [5.41, 5.74) is 2.22. The van der Waals surface area contributed by atoms with Crippen molar-refractivity contribution in [3.63, 3.8) is 0 Å². The summed E-state index contributed by atoms with van der Waals surface area (Å²) >= 11 is 0. The van der Waals surface area contributed by atoms with Crippen LogP contribution in [0, 0.1) is 5.41 Å². The van der Waals surface area contributed by atoms with Crippen LogP contribution in [0.1, 0.15) is 25.8 Å². The lowest BCUT2D eigenvalue weighted by Crippen LogP contribution is -2.29. The van der Waals surface area contributed by atoms with Gasteiger partial charge in [0.2, 0.25) is 0 Å². The van der Waals surface area contributed by atoms with Crippen LogP contribution in [-0.2, 0) is 6.54 Å². The van der Waals surface area contributed by atoms with E-state index in [9.17, 15) is 5.11 Å². The Hall–Kier alpha value is -1.81. The highest BCUT2D eigenvalue weighted by molar-refractivity contribution is 5.51. The van der Waals surface area contributed by atoms with E-state index in [1.807, 2.05) is 29.1 Å². The van der Waals surface area contributed by atoms with Crippen molar-refractivity contribution in [1.82, 2.24) is 9.78 Å². The Morgan fingerprint density at radius 3 is 2.75 bits per heavy atom. The average molecular weight is 273 g/mol. The molecule has 0 aliphatic carbocycles. The molecule has 0 aliphatic heterocycles. The number of aliphatic hydroxyl groups is 1. The first-order valence-corrected chi connectivity index (χ1v) is 7.07. The SMILES string of the molecule is CCC(C)(CO)CNc1ccccc1Cn1cccn1. The molecular weight excluding hydrogens is 250 g/mol. The molecule has 2 N–H and O–H groups in total. The zero-order valence-corrected chi connectivity index (χ0v) is 12.2. The predicted molar refractivity (Wildman–Crippen MR) is 81.7 cm³/mol. The number of hydrogen-bond donors (Lipinski definition) is 2. The first-order chi connectivity index (χ1) is 9.67. The molecular formula is C16H23N3O. The second-order valence-corrected chi connectivity index (χ2v) is 5.54. The summed E-state index contributed by atoms with van der Waals surface area (Å²) in [5.74, 6) is 0. The summed E-state index contributed by atoms with van der Waals surface area (Å²) in [5, 5.41) is 17.2. The molecule has 2 rings (SSSR count). The van der Waals surface area contributed by atoms with Crippen molar-refractivity contribution in [1.29, 1.82) is 0 Å². The minimum Gasteiger partial charge on any atom is -0.396 e. The Morgan fingerprint density at radius 2 is 2.10 bits per heavy atom. The zero-order chi connectivity index (χ0) is 14.4. The largest absolute Gasteiger partial charge is 0.396 e. The van der Waals surface area contributed by atoms with E-state index in [1.165, 1.54) is 5.56 Å². The first-order valence-electron chi connectivity index (χ1n) is 7.07. The van der Waals surface area contributed by atoms with Gasteiger partial charge in [0.1, 0.15) is 0 Å². The first kappa shape index (κ1) is 14.6.